The molecule has 7 heteroatoms. The van der Waals surface area contributed by atoms with Crippen molar-refractivity contribution in [2.24, 2.45) is 5.92 Å². The number of nitrogens with one attached hydrogen (secondary N) is 2. The van der Waals surface area contributed by atoms with Gasteiger partial charge in [0.2, 0.25) is 0 Å². The summed E-state index contributed by atoms with van der Waals surface area (Å²) in [5, 5.41) is 7.89. The average Bonchev–Trinajstić information content (AvgIpc) is 3.12. The highest BCUT2D eigenvalue weighted by molar-refractivity contribution is 7.15. The minimum absolute atomic E-state index is 0.108. The number of thiazole rings is 1. The summed E-state index contributed by atoms with van der Waals surface area (Å²) in [7, 11) is 0. The van der Waals surface area contributed by atoms with E-state index >= 15 is 0 Å². The molecule has 0 aliphatic carbocycles. The molecule has 23 heavy (non-hydrogen) atoms. The van der Waals surface area contributed by atoms with Crippen LogP contribution in [0.15, 0.2) is 17.8 Å². The van der Waals surface area contributed by atoms with Crippen LogP contribution >= 0.6 is 11.3 Å². The van der Waals surface area contributed by atoms with Gasteiger partial charge in [-0.2, -0.15) is 0 Å². The Bertz CT molecular complexity index is 621. The van der Waals surface area contributed by atoms with Crippen LogP contribution in [0.2, 0.25) is 0 Å². The summed E-state index contributed by atoms with van der Waals surface area (Å²) in [6.07, 6.45) is 6.34. The van der Waals surface area contributed by atoms with Gasteiger partial charge in [-0.1, -0.05) is 0 Å². The molecule has 6 nitrogen and oxygen atoms in total. The highest BCUT2D eigenvalue weighted by Gasteiger charge is 2.21. The molecule has 0 spiro atoms. The molecule has 0 aromatic carbocycles. The Morgan fingerprint density at radius 1 is 1.48 bits per heavy atom. The molecular weight excluding hydrogens is 310 g/mol. The third-order valence-electron chi connectivity index (χ3n) is 4.41. The van der Waals surface area contributed by atoms with Gasteiger partial charge in [-0.05, 0) is 39.2 Å². The lowest BCUT2D eigenvalue weighted by Gasteiger charge is -2.35. The summed E-state index contributed by atoms with van der Waals surface area (Å²) in [6.45, 7) is 7.93. The predicted molar refractivity (Wildman–Crippen MR) is 92.7 cm³/mol. The Balaban J connectivity index is 1.40. The number of hydrogen-bond acceptors (Lipinski definition) is 4. The first-order valence-electron chi connectivity index (χ1n) is 8.28. The normalized spacial score (nSPS) is 19.3. The van der Waals surface area contributed by atoms with Gasteiger partial charge in [0.1, 0.15) is 0 Å². The molecule has 2 aromatic heterocycles. The summed E-state index contributed by atoms with van der Waals surface area (Å²) in [4.78, 5) is 19.9. The molecule has 1 fully saturated rings. The standard InChI is InChI=1S/C16H25N5OS/c1-12(2)20-5-3-4-13(10-20)8-17-15(22)18-9-14-11-21-6-7-23-16(21)19-14/h6-7,11-13H,3-5,8-10H2,1-2H3,(H2,17,18,22)/t13-/m1/s1. The van der Waals surface area contributed by atoms with Crippen LogP contribution in [-0.4, -0.2) is 46.0 Å². The number of likely N-dealkylation sites (tertiary alicyclic amines) is 1. The first-order valence-corrected chi connectivity index (χ1v) is 9.16. The van der Waals surface area contributed by atoms with E-state index in [-0.39, 0.29) is 6.03 Å². The molecule has 1 aliphatic rings. The van der Waals surface area contributed by atoms with Gasteiger partial charge in [0, 0.05) is 36.9 Å². The van der Waals surface area contributed by atoms with Crippen LogP contribution in [0.4, 0.5) is 4.79 Å². The number of carbonyl (C=O) groups is 1. The van der Waals surface area contributed by atoms with Crippen LogP contribution in [-0.2, 0) is 6.54 Å². The Morgan fingerprint density at radius 3 is 3.13 bits per heavy atom. The Morgan fingerprint density at radius 2 is 2.35 bits per heavy atom. The Kier molecular flexibility index (Phi) is 5.17. The average molecular weight is 335 g/mol. The molecule has 3 heterocycles. The number of imidazole rings is 1. The number of rotatable bonds is 5. The monoisotopic (exact) mass is 335 g/mol. The number of nitrogens with zero attached hydrogens (tertiary/aromatic N) is 3. The molecule has 2 amide bonds. The lowest BCUT2D eigenvalue weighted by atomic mass is 9.97. The van der Waals surface area contributed by atoms with Crippen molar-refractivity contribution in [2.45, 2.75) is 39.3 Å². The van der Waals surface area contributed by atoms with Crippen molar-refractivity contribution in [1.82, 2.24) is 24.9 Å². The molecule has 1 aliphatic heterocycles. The quantitative estimate of drug-likeness (QED) is 0.881. The number of amides is 2. The predicted octanol–water partition coefficient (Wildman–Crippen LogP) is 2.32. The van der Waals surface area contributed by atoms with E-state index in [4.69, 9.17) is 0 Å². The second-order valence-corrected chi connectivity index (χ2v) is 7.36. The van der Waals surface area contributed by atoms with Gasteiger partial charge >= 0.3 is 6.03 Å². The second-order valence-electron chi connectivity index (χ2n) is 6.49. The van der Waals surface area contributed by atoms with Gasteiger partial charge < -0.3 is 15.5 Å². The third kappa shape index (κ3) is 4.23. The summed E-state index contributed by atoms with van der Waals surface area (Å²) >= 11 is 1.59. The summed E-state index contributed by atoms with van der Waals surface area (Å²) < 4.78 is 1.97. The van der Waals surface area contributed by atoms with E-state index in [9.17, 15) is 4.79 Å². The number of piperidine rings is 1. The molecule has 126 valence electrons. The van der Waals surface area contributed by atoms with Gasteiger partial charge in [-0.3, -0.25) is 4.40 Å². The molecular formula is C16H25N5OS. The van der Waals surface area contributed by atoms with Crippen LogP contribution in [0.25, 0.3) is 4.96 Å². The molecule has 2 aromatic rings. The lowest BCUT2D eigenvalue weighted by molar-refractivity contribution is 0.139. The van der Waals surface area contributed by atoms with Gasteiger partial charge in [0.25, 0.3) is 0 Å². The Labute approximate surface area is 140 Å². The SMILES string of the molecule is CC(C)N1CCC[C@H](CNC(=O)NCc2cn3ccsc3n2)C1. The van der Waals surface area contributed by atoms with Gasteiger partial charge in [0.05, 0.1) is 12.2 Å². The highest BCUT2D eigenvalue weighted by atomic mass is 32.1. The van der Waals surface area contributed by atoms with Crippen LogP contribution in [0.5, 0.6) is 0 Å². The van der Waals surface area contributed by atoms with Gasteiger partial charge in [-0.15, -0.1) is 11.3 Å². The smallest absolute Gasteiger partial charge is 0.315 e. The minimum atomic E-state index is -0.108. The van der Waals surface area contributed by atoms with E-state index in [1.807, 2.05) is 22.2 Å². The van der Waals surface area contributed by atoms with Crippen molar-refractivity contribution in [2.75, 3.05) is 19.6 Å². The van der Waals surface area contributed by atoms with Gasteiger partial charge in [-0.25, -0.2) is 9.78 Å². The zero-order valence-electron chi connectivity index (χ0n) is 13.8. The number of aromatic nitrogens is 2. The fourth-order valence-electron chi connectivity index (χ4n) is 3.06. The molecule has 2 N–H and O–H groups in total. The topological polar surface area (TPSA) is 61.7 Å². The van der Waals surface area contributed by atoms with E-state index in [1.54, 1.807) is 11.3 Å². The largest absolute Gasteiger partial charge is 0.338 e. The van der Waals surface area contributed by atoms with Crippen LogP contribution in [0, 0.1) is 5.92 Å². The third-order valence-corrected chi connectivity index (χ3v) is 5.18. The summed E-state index contributed by atoms with van der Waals surface area (Å²) in [6, 6.07) is 0.476. The zero-order chi connectivity index (χ0) is 16.2. The Hall–Kier alpha value is -1.60. The fraction of sp³-hybridized carbons (Fsp3) is 0.625. The minimum Gasteiger partial charge on any atom is -0.338 e. The molecule has 1 atom stereocenters. The number of fused-ring (bicyclic) bond motifs is 1. The van der Waals surface area contributed by atoms with Crippen molar-refractivity contribution in [3.63, 3.8) is 0 Å². The van der Waals surface area contributed by atoms with Crippen molar-refractivity contribution >= 4 is 22.3 Å². The molecule has 0 radical (unpaired) electrons. The van der Waals surface area contributed by atoms with Crippen LogP contribution in [0.3, 0.4) is 0 Å². The van der Waals surface area contributed by atoms with E-state index in [2.05, 4.69) is 34.4 Å². The van der Waals surface area contributed by atoms with Crippen LogP contribution < -0.4 is 10.6 Å². The van der Waals surface area contributed by atoms with Crippen molar-refractivity contribution < 1.29 is 4.79 Å². The summed E-state index contributed by atoms with van der Waals surface area (Å²) in [5.74, 6) is 0.551. The number of urea groups is 1. The van der Waals surface area contributed by atoms with Crippen LogP contribution in [0.1, 0.15) is 32.4 Å². The number of hydrogen-bond donors (Lipinski definition) is 2. The first kappa shape index (κ1) is 16.3. The molecule has 0 bridgehead atoms. The lowest BCUT2D eigenvalue weighted by Crippen LogP contribution is -2.45. The second kappa shape index (κ2) is 7.31. The van der Waals surface area contributed by atoms with Crippen molar-refractivity contribution in [3.8, 4) is 0 Å². The van der Waals surface area contributed by atoms with E-state index in [0.717, 1.165) is 23.7 Å². The maximum atomic E-state index is 12.0. The molecule has 3 rings (SSSR count). The maximum Gasteiger partial charge on any atom is 0.315 e. The van der Waals surface area contributed by atoms with Gasteiger partial charge in [0.15, 0.2) is 4.96 Å². The maximum absolute atomic E-state index is 12.0. The number of carbonyl (C=O) groups excluding carboxylic acids is 1. The zero-order valence-corrected chi connectivity index (χ0v) is 14.6. The summed E-state index contributed by atoms with van der Waals surface area (Å²) in [5.41, 5.74) is 0.885. The van der Waals surface area contributed by atoms with E-state index in [0.29, 0.717) is 18.5 Å². The molecule has 0 unspecified atom stereocenters. The highest BCUT2D eigenvalue weighted by Crippen LogP contribution is 2.17. The first-order chi connectivity index (χ1) is 11.1. The van der Waals surface area contributed by atoms with Crippen molar-refractivity contribution in [1.29, 1.82) is 0 Å². The van der Waals surface area contributed by atoms with E-state index in [1.165, 1.54) is 19.4 Å². The molecule has 1 saturated heterocycles. The van der Waals surface area contributed by atoms with E-state index < -0.39 is 0 Å². The van der Waals surface area contributed by atoms with Crippen molar-refractivity contribution in [3.05, 3.63) is 23.5 Å². The molecule has 0 saturated carbocycles. The fourth-order valence-corrected chi connectivity index (χ4v) is 3.78.